The summed E-state index contributed by atoms with van der Waals surface area (Å²) < 4.78 is 0. The summed E-state index contributed by atoms with van der Waals surface area (Å²) in [5.74, 6) is 1.05. The Kier molecular flexibility index (Phi) is 3.20. The van der Waals surface area contributed by atoms with E-state index in [1.165, 1.54) is 25.2 Å². The molecule has 0 saturated heterocycles. The average molecular weight is 238 g/mol. The van der Waals surface area contributed by atoms with Gasteiger partial charge in [0.05, 0.1) is 6.21 Å². The number of H-pyrrole nitrogens is 1. The van der Waals surface area contributed by atoms with Crippen LogP contribution in [0.5, 0.6) is 0 Å². The topological polar surface area (TPSA) is 102 Å². The molecule has 2 aromatic rings. The van der Waals surface area contributed by atoms with Crippen molar-refractivity contribution in [3.8, 4) is 0 Å². The van der Waals surface area contributed by atoms with E-state index in [0.717, 1.165) is 5.16 Å². The molecule has 0 saturated carbocycles. The number of hydrogen-bond donors (Lipinski definition) is 2. The zero-order valence-corrected chi connectivity index (χ0v) is 9.36. The van der Waals surface area contributed by atoms with Crippen LogP contribution in [0.15, 0.2) is 16.6 Å². The highest BCUT2D eigenvalue weighted by molar-refractivity contribution is 7.99. The first-order chi connectivity index (χ1) is 7.81. The number of oxime groups is 1. The molecule has 2 aromatic heterocycles. The quantitative estimate of drug-likeness (QED) is 0.461. The second-order valence-electron chi connectivity index (χ2n) is 2.78. The molecule has 3 N–H and O–H groups in total. The molecule has 84 valence electrons. The highest BCUT2D eigenvalue weighted by Gasteiger charge is 2.06. The van der Waals surface area contributed by atoms with Gasteiger partial charge in [-0.25, -0.2) is 15.0 Å². The van der Waals surface area contributed by atoms with Gasteiger partial charge in [-0.15, -0.1) is 0 Å². The normalized spacial score (nSPS) is 11.3. The van der Waals surface area contributed by atoms with Crippen molar-refractivity contribution in [2.75, 3.05) is 18.6 Å². The van der Waals surface area contributed by atoms with E-state index >= 15 is 0 Å². The standard InChI is InChI=1S/C8H10N6OS/c1-15-12-2-3-16-8-13-5-6(9)10-4-11-7(5)14-8/h2,4H,3H2,1H3,(H3,9,10,11,13,14)/b12-2+. The highest BCUT2D eigenvalue weighted by atomic mass is 32.2. The lowest BCUT2D eigenvalue weighted by Crippen LogP contribution is -1.91. The molecule has 16 heavy (non-hydrogen) atoms. The predicted molar refractivity (Wildman–Crippen MR) is 62.3 cm³/mol. The van der Waals surface area contributed by atoms with Crippen LogP contribution in [0.1, 0.15) is 0 Å². The lowest BCUT2D eigenvalue weighted by Gasteiger charge is -1.90. The van der Waals surface area contributed by atoms with E-state index in [0.29, 0.717) is 22.7 Å². The van der Waals surface area contributed by atoms with Crippen molar-refractivity contribution >= 4 is 35.0 Å². The molecule has 0 aliphatic rings. The second-order valence-corrected chi connectivity index (χ2v) is 3.79. The summed E-state index contributed by atoms with van der Waals surface area (Å²) in [6, 6.07) is 0. The van der Waals surface area contributed by atoms with Crippen molar-refractivity contribution < 1.29 is 4.84 Å². The Balaban J connectivity index is 2.14. The average Bonchev–Trinajstić information content (AvgIpc) is 2.69. The molecule has 0 bridgehead atoms. The SMILES string of the molecule is CO/N=C/CSc1nc2ncnc(N)c2[nH]1. The summed E-state index contributed by atoms with van der Waals surface area (Å²) in [7, 11) is 1.50. The summed E-state index contributed by atoms with van der Waals surface area (Å²) in [4.78, 5) is 19.7. The van der Waals surface area contributed by atoms with Gasteiger partial charge in [0.25, 0.3) is 0 Å². The molecule has 0 aromatic carbocycles. The Labute approximate surface area is 95.5 Å². The molecule has 7 nitrogen and oxygen atoms in total. The van der Waals surface area contributed by atoms with Crippen molar-refractivity contribution in [3.05, 3.63) is 6.33 Å². The number of aromatic nitrogens is 4. The number of anilines is 1. The number of hydrogen-bond acceptors (Lipinski definition) is 7. The van der Waals surface area contributed by atoms with Gasteiger partial charge in [-0.3, -0.25) is 0 Å². The Hall–Kier alpha value is -1.83. The summed E-state index contributed by atoms with van der Waals surface area (Å²) in [5, 5.41) is 4.34. The van der Waals surface area contributed by atoms with Crippen LogP contribution >= 0.6 is 11.8 Å². The first-order valence-corrected chi connectivity index (χ1v) is 5.44. The fourth-order valence-electron chi connectivity index (χ4n) is 1.11. The van der Waals surface area contributed by atoms with E-state index in [2.05, 4.69) is 29.9 Å². The van der Waals surface area contributed by atoms with Crippen LogP contribution in [-0.4, -0.2) is 39.0 Å². The maximum absolute atomic E-state index is 5.67. The molecular weight excluding hydrogens is 228 g/mol. The third kappa shape index (κ3) is 2.22. The number of nitrogens with two attached hydrogens (primary N) is 1. The van der Waals surface area contributed by atoms with Crippen LogP contribution in [0.3, 0.4) is 0 Å². The van der Waals surface area contributed by atoms with Gasteiger partial charge in [-0.1, -0.05) is 16.9 Å². The monoisotopic (exact) mass is 238 g/mol. The molecule has 0 fully saturated rings. The number of fused-ring (bicyclic) bond motifs is 1. The second kappa shape index (κ2) is 4.79. The largest absolute Gasteiger partial charge is 0.399 e. The number of imidazole rings is 1. The van der Waals surface area contributed by atoms with Gasteiger partial charge in [-0.2, -0.15) is 0 Å². The maximum Gasteiger partial charge on any atom is 0.183 e. The van der Waals surface area contributed by atoms with Crippen LogP contribution in [0.4, 0.5) is 5.82 Å². The first-order valence-electron chi connectivity index (χ1n) is 4.45. The maximum atomic E-state index is 5.67. The van der Waals surface area contributed by atoms with E-state index in [-0.39, 0.29) is 0 Å². The molecule has 0 spiro atoms. The van der Waals surface area contributed by atoms with E-state index < -0.39 is 0 Å². The van der Waals surface area contributed by atoms with Gasteiger partial charge in [0.15, 0.2) is 16.6 Å². The molecule has 0 aliphatic carbocycles. The molecule has 0 aliphatic heterocycles. The number of nitrogens with one attached hydrogen (secondary N) is 1. The van der Waals surface area contributed by atoms with E-state index in [1.807, 2.05) is 0 Å². The van der Waals surface area contributed by atoms with Crippen molar-refractivity contribution in [2.24, 2.45) is 5.16 Å². The zero-order chi connectivity index (χ0) is 11.4. The summed E-state index contributed by atoms with van der Waals surface area (Å²) in [6.07, 6.45) is 3.03. The molecule has 0 amide bonds. The minimum absolute atomic E-state index is 0.398. The van der Waals surface area contributed by atoms with Crippen LogP contribution in [0, 0.1) is 0 Å². The minimum atomic E-state index is 0.398. The zero-order valence-electron chi connectivity index (χ0n) is 8.54. The smallest absolute Gasteiger partial charge is 0.183 e. The number of aromatic amines is 1. The molecule has 0 radical (unpaired) electrons. The van der Waals surface area contributed by atoms with Crippen LogP contribution in [0.2, 0.25) is 0 Å². The Morgan fingerprint density at radius 3 is 3.25 bits per heavy atom. The van der Waals surface area contributed by atoms with Gasteiger partial charge in [-0.05, 0) is 0 Å². The summed E-state index contributed by atoms with van der Waals surface area (Å²) in [6.45, 7) is 0. The molecule has 8 heteroatoms. The number of rotatable bonds is 4. The van der Waals surface area contributed by atoms with Gasteiger partial charge in [0.1, 0.15) is 19.0 Å². The summed E-state index contributed by atoms with van der Waals surface area (Å²) in [5.41, 5.74) is 6.90. The van der Waals surface area contributed by atoms with Gasteiger partial charge in [0, 0.05) is 5.75 Å². The van der Waals surface area contributed by atoms with Gasteiger partial charge >= 0.3 is 0 Å². The number of nitrogen functional groups attached to an aromatic ring is 1. The van der Waals surface area contributed by atoms with E-state index in [4.69, 9.17) is 5.73 Å². The Bertz CT molecular complexity index is 510. The molecule has 0 unspecified atom stereocenters. The van der Waals surface area contributed by atoms with E-state index in [1.54, 1.807) is 6.21 Å². The fraction of sp³-hybridized carbons (Fsp3) is 0.250. The van der Waals surface area contributed by atoms with Crippen molar-refractivity contribution in [1.82, 2.24) is 19.9 Å². The third-order valence-corrected chi connectivity index (χ3v) is 2.55. The van der Waals surface area contributed by atoms with Gasteiger partial charge < -0.3 is 15.6 Å². The van der Waals surface area contributed by atoms with Gasteiger partial charge in [0.2, 0.25) is 0 Å². The number of nitrogens with zero attached hydrogens (tertiary/aromatic N) is 4. The van der Waals surface area contributed by atoms with Crippen molar-refractivity contribution in [1.29, 1.82) is 0 Å². The molecule has 0 atom stereocenters. The molecule has 2 heterocycles. The number of thioether (sulfide) groups is 1. The van der Waals surface area contributed by atoms with Crippen LogP contribution in [-0.2, 0) is 4.84 Å². The van der Waals surface area contributed by atoms with Crippen LogP contribution < -0.4 is 5.73 Å². The first kappa shape index (κ1) is 10.7. The van der Waals surface area contributed by atoms with Crippen molar-refractivity contribution in [2.45, 2.75) is 5.16 Å². The fourth-order valence-corrected chi connectivity index (χ4v) is 1.73. The minimum Gasteiger partial charge on any atom is -0.399 e. The van der Waals surface area contributed by atoms with Crippen molar-refractivity contribution in [3.63, 3.8) is 0 Å². The highest BCUT2D eigenvalue weighted by Crippen LogP contribution is 2.19. The Morgan fingerprint density at radius 2 is 2.50 bits per heavy atom. The molecule has 2 rings (SSSR count). The molecular formula is C8H10N6OS. The third-order valence-electron chi connectivity index (χ3n) is 1.77. The van der Waals surface area contributed by atoms with Crippen LogP contribution in [0.25, 0.3) is 11.2 Å². The summed E-state index contributed by atoms with van der Waals surface area (Å²) >= 11 is 1.48. The Morgan fingerprint density at radius 1 is 1.62 bits per heavy atom. The lowest BCUT2D eigenvalue weighted by atomic mass is 10.5. The van der Waals surface area contributed by atoms with E-state index in [9.17, 15) is 0 Å². The lowest BCUT2D eigenvalue weighted by molar-refractivity contribution is 0.215. The predicted octanol–water partition coefficient (Wildman–Crippen LogP) is 0.659.